The number of hydrogen-bond donors (Lipinski definition) is 2. The van der Waals surface area contributed by atoms with Crippen molar-refractivity contribution in [3.8, 4) is 11.5 Å². The van der Waals surface area contributed by atoms with Gasteiger partial charge in [0.05, 0.1) is 7.11 Å². The lowest BCUT2D eigenvalue weighted by Crippen LogP contribution is -2.35. The van der Waals surface area contributed by atoms with Crippen LogP contribution in [0, 0.1) is 5.92 Å². The smallest absolute Gasteiger partial charge is 0.302 e. The molecule has 0 radical (unpaired) electrons. The molecule has 1 aliphatic heterocycles. The number of ether oxygens (including phenoxy) is 2. The lowest BCUT2D eigenvalue weighted by molar-refractivity contribution is -0.151. The molecule has 2 N–H and O–H groups in total. The van der Waals surface area contributed by atoms with E-state index in [4.69, 9.17) is 9.47 Å². The van der Waals surface area contributed by atoms with Crippen molar-refractivity contribution in [3.05, 3.63) is 47.8 Å². The van der Waals surface area contributed by atoms with Gasteiger partial charge in [-0.3, -0.25) is 9.59 Å². The fraction of sp³-hybridized carbons (Fsp3) is 0.600. The van der Waals surface area contributed by atoms with Crippen LogP contribution in [0.5, 0.6) is 11.5 Å². The minimum Gasteiger partial charge on any atom is -0.504 e. The lowest BCUT2D eigenvalue weighted by atomic mass is 9.77. The Hall–Kier alpha value is -2.06. The fourth-order valence-electron chi connectivity index (χ4n) is 6.36. The number of aromatic hydroxyl groups is 1. The summed E-state index contributed by atoms with van der Waals surface area (Å²) in [5.74, 6) is 1.44. The number of H-pyrrole nitrogens is 1. The largest absolute Gasteiger partial charge is 0.504 e. The van der Waals surface area contributed by atoms with Crippen LogP contribution in [0.2, 0.25) is 0 Å². The number of rotatable bonds is 7. The second-order valence-corrected chi connectivity index (χ2v) is 13.5. The van der Waals surface area contributed by atoms with E-state index in [0.29, 0.717) is 12.2 Å². The standard InChI is InChI=1S/C30H41NO5S2/c1-4-5-8-24-25(22-11-14-31-18-22)19-37-38-30(12-6-7-13-30)26(16-23(33)17-28(24)36-20(2)32)21-9-10-27(34)29(15-21)35-3/h9-11,14-15,18,24-26,28,31,34H,4-8,12-13,16-17,19H2,1-3H3. The molecular weight excluding hydrogens is 518 g/mol. The minimum absolute atomic E-state index is 0.0135. The maximum atomic E-state index is 13.9. The predicted octanol–water partition coefficient (Wildman–Crippen LogP) is 7.39. The number of carbonyl (C=O) groups is 2. The van der Waals surface area contributed by atoms with E-state index in [1.807, 2.05) is 39.9 Å². The molecule has 1 saturated heterocycles. The predicted molar refractivity (Wildman–Crippen MR) is 155 cm³/mol. The number of phenols is 1. The molecule has 4 atom stereocenters. The van der Waals surface area contributed by atoms with Gasteiger partial charge in [-0.1, -0.05) is 60.3 Å². The number of aromatic nitrogens is 1. The van der Waals surface area contributed by atoms with Gasteiger partial charge in [0.2, 0.25) is 0 Å². The summed E-state index contributed by atoms with van der Waals surface area (Å²) in [6, 6.07) is 7.64. The summed E-state index contributed by atoms with van der Waals surface area (Å²) in [7, 11) is 5.41. The van der Waals surface area contributed by atoms with Crippen molar-refractivity contribution >= 4 is 33.3 Å². The Balaban J connectivity index is 1.75. The van der Waals surface area contributed by atoms with Gasteiger partial charge in [0.15, 0.2) is 11.5 Å². The van der Waals surface area contributed by atoms with E-state index in [-0.39, 0.29) is 46.4 Å². The molecule has 208 valence electrons. The van der Waals surface area contributed by atoms with Crippen LogP contribution >= 0.6 is 21.6 Å². The molecule has 38 heavy (non-hydrogen) atoms. The second kappa shape index (κ2) is 13.3. The zero-order valence-electron chi connectivity index (χ0n) is 22.7. The van der Waals surface area contributed by atoms with Crippen molar-refractivity contribution < 1.29 is 24.2 Å². The number of carbonyl (C=O) groups excluding carboxylic acids is 2. The first kappa shape index (κ1) is 28.9. The van der Waals surface area contributed by atoms with E-state index < -0.39 is 6.10 Å². The first-order valence-corrected chi connectivity index (χ1v) is 16.2. The van der Waals surface area contributed by atoms with Crippen LogP contribution in [-0.2, 0) is 14.3 Å². The third-order valence-electron chi connectivity index (χ3n) is 8.28. The SMILES string of the molecule is CCCCC1C(OC(C)=O)CC(=O)CC(c2ccc(O)c(OC)c2)C2(CCCC2)SSCC1c1cc[nH]c1. The zero-order chi connectivity index (χ0) is 27.1. The highest BCUT2D eigenvalue weighted by molar-refractivity contribution is 8.77. The van der Waals surface area contributed by atoms with E-state index in [2.05, 4.69) is 24.2 Å². The van der Waals surface area contributed by atoms with E-state index in [1.165, 1.54) is 12.5 Å². The Labute approximate surface area is 234 Å². The minimum atomic E-state index is -0.454. The van der Waals surface area contributed by atoms with Gasteiger partial charge in [-0.05, 0) is 48.6 Å². The number of benzene rings is 1. The van der Waals surface area contributed by atoms with E-state index >= 15 is 0 Å². The maximum Gasteiger partial charge on any atom is 0.302 e. The summed E-state index contributed by atoms with van der Waals surface area (Å²) in [5.41, 5.74) is 2.24. The normalized spacial score (nSPS) is 26.1. The Morgan fingerprint density at radius 3 is 2.63 bits per heavy atom. The molecule has 4 rings (SSSR count). The van der Waals surface area contributed by atoms with Gasteiger partial charge >= 0.3 is 5.97 Å². The van der Waals surface area contributed by atoms with Gasteiger partial charge in [-0.2, -0.15) is 0 Å². The van der Waals surface area contributed by atoms with Crippen molar-refractivity contribution in [2.75, 3.05) is 12.9 Å². The third-order valence-corrected chi connectivity index (χ3v) is 11.7. The van der Waals surface area contributed by atoms with Crippen LogP contribution < -0.4 is 4.74 Å². The van der Waals surface area contributed by atoms with Crippen molar-refractivity contribution in [1.29, 1.82) is 0 Å². The average Bonchev–Trinajstić information content (AvgIpc) is 3.59. The van der Waals surface area contributed by atoms with Crippen LogP contribution in [0.1, 0.15) is 94.6 Å². The van der Waals surface area contributed by atoms with E-state index in [0.717, 1.165) is 56.3 Å². The van der Waals surface area contributed by atoms with Crippen LogP contribution in [0.3, 0.4) is 0 Å². The second-order valence-electron chi connectivity index (χ2n) is 10.8. The summed E-state index contributed by atoms with van der Waals surface area (Å²) >= 11 is 0. The first-order chi connectivity index (χ1) is 18.4. The number of hydrogen-bond acceptors (Lipinski definition) is 7. The topological polar surface area (TPSA) is 88.6 Å². The summed E-state index contributed by atoms with van der Waals surface area (Å²) in [6.07, 6.45) is 11.5. The highest BCUT2D eigenvalue weighted by Gasteiger charge is 2.46. The Morgan fingerprint density at radius 1 is 1.18 bits per heavy atom. The molecule has 2 aromatic rings. The number of phenolic OH excluding ortho intramolecular Hbond substituents is 1. The van der Waals surface area contributed by atoms with Crippen LogP contribution in [0.15, 0.2) is 36.7 Å². The molecule has 2 fully saturated rings. The molecule has 0 bridgehead atoms. The van der Waals surface area contributed by atoms with Crippen molar-refractivity contribution in [3.63, 3.8) is 0 Å². The van der Waals surface area contributed by atoms with Gasteiger partial charge < -0.3 is 19.6 Å². The number of unbranched alkanes of at least 4 members (excludes halogenated alkanes) is 1. The molecular formula is C30H41NO5S2. The first-order valence-electron chi connectivity index (χ1n) is 13.9. The zero-order valence-corrected chi connectivity index (χ0v) is 24.4. The Morgan fingerprint density at radius 2 is 1.97 bits per heavy atom. The van der Waals surface area contributed by atoms with Gasteiger partial charge in [-0.15, -0.1) is 0 Å². The van der Waals surface area contributed by atoms with E-state index in [1.54, 1.807) is 13.2 Å². The lowest BCUT2D eigenvalue weighted by Gasteiger charge is -2.37. The van der Waals surface area contributed by atoms with Gasteiger partial charge in [0.25, 0.3) is 0 Å². The summed E-state index contributed by atoms with van der Waals surface area (Å²) in [6.45, 7) is 3.62. The number of esters is 1. The molecule has 1 spiro atoms. The number of Topliss-reactive ketones (excluding diaryl/α,β-unsaturated/α-hetero) is 1. The summed E-state index contributed by atoms with van der Waals surface area (Å²) in [5, 5.41) is 10.2. The number of ketones is 1. The monoisotopic (exact) mass is 559 g/mol. The highest BCUT2D eigenvalue weighted by Crippen LogP contribution is 2.58. The third kappa shape index (κ3) is 6.74. The van der Waals surface area contributed by atoms with Crippen LogP contribution in [0.4, 0.5) is 0 Å². The summed E-state index contributed by atoms with van der Waals surface area (Å²) < 4.78 is 11.3. The van der Waals surface area contributed by atoms with Gasteiger partial charge in [-0.25, -0.2) is 0 Å². The molecule has 1 saturated carbocycles. The number of methoxy groups -OCH3 is 1. The number of aromatic amines is 1. The Bertz CT molecular complexity index is 1070. The summed E-state index contributed by atoms with van der Waals surface area (Å²) in [4.78, 5) is 29.3. The number of nitrogens with one attached hydrogen (secondary N) is 1. The molecule has 2 aliphatic rings. The molecule has 1 aromatic heterocycles. The van der Waals surface area contributed by atoms with E-state index in [9.17, 15) is 14.7 Å². The van der Waals surface area contributed by atoms with Crippen LogP contribution in [0.25, 0.3) is 0 Å². The maximum absolute atomic E-state index is 13.9. The van der Waals surface area contributed by atoms with Crippen molar-refractivity contribution in [1.82, 2.24) is 4.98 Å². The Kier molecular flexibility index (Phi) is 10.2. The van der Waals surface area contributed by atoms with Crippen molar-refractivity contribution in [2.24, 2.45) is 5.92 Å². The highest BCUT2D eigenvalue weighted by atomic mass is 33.1. The van der Waals surface area contributed by atoms with Crippen LogP contribution in [-0.4, -0.2) is 45.6 Å². The van der Waals surface area contributed by atoms with Gasteiger partial charge in [0.1, 0.15) is 11.9 Å². The molecule has 1 aliphatic carbocycles. The average molecular weight is 560 g/mol. The van der Waals surface area contributed by atoms with Crippen molar-refractivity contribution in [2.45, 2.75) is 94.3 Å². The quantitative estimate of drug-likeness (QED) is 0.270. The molecule has 2 heterocycles. The molecule has 6 nitrogen and oxygen atoms in total. The molecule has 8 heteroatoms. The van der Waals surface area contributed by atoms with Gasteiger partial charge in [0, 0.05) is 60.4 Å². The fourth-order valence-corrected chi connectivity index (χ4v) is 10.2. The molecule has 1 aromatic carbocycles. The molecule has 4 unspecified atom stereocenters. The molecule has 0 amide bonds.